The standard InChI is InChI=1S/C19H34O3/c1-14(2)17(18(20)21)16(4)12-8-10-15(3)11-9-13-19(5,6)22-7/h8,12,14-15H,9-11,13H2,1-7H3,(H,20,21)/b12-8+,17-16+. The molecule has 0 saturated heterocycles. The summed E-state index contributed by atoms with van der Waals surface area (Å²) >= 11 is 0. The van der Waals surface area contributed by atoms with Gasteiger partial charge in [0.25, 0.3) is 0 Å². The lowest BCUT2D eigenvalue weighted by atomic mass is 9.94. The smallest absolute Gasteiger partial charge is 0.332 e. The molecule has 0 amide bonds. The average Bonchev–Trinajstić information content (AvgIpc) is 2.37. The number of rotatable bonds is 10. The van der Waals surface area contributed by atoms with E-state index < -0.39 is 5.97 Å². The van der Waals surface area contributed by atoms with Crippen molar-refractivity contribution in [2.45, 2.75) is 72.8 Å². The van der Waals surface area contributed by atoms with Crippen LogP contribution >= 0.6 is 0 Å². The van der Waals surface area contributed by atoms with Crippen LogP contribution in [0.3, 0.4) is 0 Å². The molecule has 0 aliphatic carbocycles. The van der Waals surface area contributed by atoms with E-state index in [0.717, 1.165) is 31.3 Å². The van der Waals surface area contributed by atoms with E-state index in [9.17, 15) is 9.90 Å². The van der Waals surface area contributed by atoms with Gasteiger partial charge in [-0.1, -0.05) is 45.8 Å². The Hall–Kier alpha value is -1.09. The molecule has 3 heteroatoms. The van der Waals surface area contributed by atoms with Gasteiger partial charge < -0.3 is 9.84 Å². The van der Waals surface area contributed by atoms with Crippen molar-refractivity contribution in [3.8, 4) is 0 Å². The molecule has 3 nitrogen and oxygen atoms in total. The monoisotopic (exact) mass is 310 g/mol. The topological polar surface area (TPSA) is 46.5 Å². The van der Waals surface area contributed by atoms with Crippen LogP contribution in [0.15, 0.2) is 23.3 Å². The lowest BCUT2D eigenvalue weighted by Crippen LogP contribution is -2.22. The first-order chi connectivity index (χ1) is 10.1. The van der Waals surface area contributed by atoms with Gasteiger partial charge in [-0.05, 0) is 51.0 Å². The Bertz CT molecular complexity index is 403. The van der Waals surface area contributed by atoms with Gasteiger partial charge in [0.2, 0.25) is 0 Å². The molecule has 1 atom stereocenters. The Morgan fingerprint density at radius 3 is 2.32 bits per heavy atom. The lowest BCUT2D eigenvalue weighted by molar-refractivity contribution is -0.133. The van der Waals surface area contributed by atoms with Crippen molar-refractivity contribution >= 4 is 5.97 Å². The van der Waals surface area contributed by atoms with Crippen LogP contribution < -0.4 is 0 Å². The zero-order valence-corrected chi connectivity index (χ0v) is 15.4. The molecule has 0 spiro atoms. The summed E-state index contributed by atoms with van der Waals surface area (Å²) in [5, 5.41) is 9.23. The summed E-state index contributed by atoms with van der Waals surface area (Å²) in [6.07, 6.45) is 8.42. The number of hydrogen-bond acceptors (Lipinski definition) is 2. The van der Waals surface area contributed by atoms with Crippen molar-refractivity contribution in [1.29, 1.82) is 0 Å². The molecule has 0 radical (unpaired) electrons. The van der Waals surface area contributed by atoms with Crippen LogP contribution in [0.25, 0.3) is 0 Å². The zero-order chi connectivity index (χ0) is 17.3. The third-order valence-corrected chi connectivity index (χ3v) is 4.17. The minimum absolute atomic E-state index is 0.0378. The molecule has 0 aliphatic rings. The molecule has 1 N–H and O–H groups in total. The van der Waals surface area contributed by atoms with E-state index in [4.69, 9.17) is 4.74 Å². The third-order valence-electron chi connectivity index (χ3n) is 4.17. The normalized spacial score (nSPS) is 15.3. The molecule has 0 bridgehead atoms. The Balaban J connectivity index is 4.37. The summed E-state index contributed by atoms with van der Waals surface area (Å²) in [6, 6.07) is 0. The first-order valence-corrected chi connectivity index (χ1v) is 8.26. The molecule has 0 rings (SSSR count). The number of carboxylic acids is 1. The second-order valence-electron chi connectivity index (χ2n) is 7.16. The van der Waals surface area contributed by atoms with Crippen molar-refractivity contribution < 1.29 is 14.6 Å². The van der Waals surface area contributed by atoms with E-state index in [1.165, 1.54) is 0 Å². The Morgan fingerprint density at radius 1 is 1.27 bits per heavy atom. The first-order valence-electron chi connectivity index (χ1n) is 8.26. The van der Waals surface area contributed by atoms with Crippen LogP contribution in [-0.4, -0.2) is 23.8 Å². The molecule has 0 saturated carbocycles. The van der Waals surface area contributed by atoms with Crippen molar-refractivity contribution in [2.24, 2.45) is 11.8 Å². The van der Waals surface area contributed by atoms with E-state index in [2.05, 4.69) is 26.8 Å². The molecule has 22 heavy (non-hydrogen) atoms. The molecule has 0 aromatic rings. The summed E-state index contributed by atoms with van der Waals surface area (Å²) in [5.74, 6) is -0.174. The molecule has 0 aliphatic heterocycles. The number of aliphatic carboxylic acids is 1. The largest absolute Gasteiger partial charge is 0.478 e. The first kappa shape index (κ1) is 20.9. The third kappa shape index (κ3) is 8.38. The molecule has 128 valence electrons. The molecular formula is C19H34O3. The highest BCUT2D eigenvalue weighted by molar-refractivity contribution is 5.88. The van der Waals surface area contributed by atoms with Crippen molar-refractivity contribution in [3.05, 3.63) is 23.3 Å². The van der Waals surface area contributed by atoms with Crippen LogP contribution in [0.4, 0.5) is 0 Å². The molecule has 0 fully saturated rings. The summed E-state index contributed by atoms with van der Waals surface area (Å²) in [5.41, 5.74) is 1.32. The highest BCUT2D eigenvalue weighted by Crippen LogP contribution is 2.21. The lowest BCUT2D eigenvalue weighted by Gasteiger charge is -2.23. The number of carbonyl (C=O) groups is 1. The van der Waals surface area contributed by atoms with Crippen LogP contribution in [-0.2, 0) is 9.53 Å². The maximum Gasteiger partial charge on any atom is 0.332 e. The summed E-state index contributed by atoms with van der Waals surface area (Å²) in [6.45, 7) is 12.2. The van der Waals surface area contributed by atoms with Crippen LogP contribution in [0, 0.1) is 11.8 Å². The molecule has 1 unspecified atom stereocenters. The molecule has 0 aromatic heterocycles. The SMILES string of the molecule is COC(C)(C)CCCC(C)C/C=C/C(C)=C(/C(=O)O)C(C)C. The predicted molar refractivity (Wildman–Crippen MR) is 93.0 cm³/mol. The van der Waals surface area contributed by atoms with E-state index in [-0.39, 0.29) is 11.5 Å². The minimum atomic E-state index is -0.813. The van der Waals surface area contributed by atoms with Gasteiger partial charge in [0.15, 0.2) is 0 Å². The Kier molecular flexibility index (Phi) is 9.34. The number of ether oxygens (including phenoxy) is 1. The van der Waals surface area contributed by atoms with E-state index in [1.807, 2.05) is 26.8 Å². The maximum atomic E-state index is 11.2. The van der Waals surface area contributed by atoms with Crippen LogP contribution in [0.1, 0.15) is 67.2 Å². The van der Waals surface area contributed by atoms with Gasteiger partial charge in [-0.15, -0.1) is 0 Å². The molecule has 0 heterocycles. The van der Waals surface area contributed by atoms with E-state index >= 15 is 0 Å². The van der Waals surface area contributed by atoms with Gasteiger partial charge >= 0.3 is 5.97 Å². The molecule has 0 aromatic carbocycles. The zero-order valence-electron chi connectivity index (χ0n) is 15.4. The second-order valence-corrected chi connectivity index (χ2v) is 7.16. The number of carboxylic acid groups (broad SMARTS) is 1. The van der Waals surface area contributed by atoms with Crippen molar-refractivity contribution in [2.75, 3.05) is 7.11 Å². The summed E-state index contributed by atoms with van der Waals surface area (Å²) in [4.78, 5) is 11.2. The molecular weight excluding hydrogens is 276 g/mol. The summed E-state index contributed by atoms with van der Waals surface area (Å²) < 4.78 is 5.43. The predicted octanol–water partition coefficient (Wildman–Crippen LogP) is 5.22. The van der Waals surface area contributed by atoms with Crippen LogP contribution in [0.5, 0.6) is 0 Å². The summed E-state index contributed by atoms with van der Waals surface area (Å²) in [7, 11) is 1.76. The fourth-order valence-corrected chi connectivity index (χ4v) is 2.53. The fraction of sp³-hybridized carbons (Fsp3) is 0.737. The maximum absolute atomic E-state index is 11.2. The van der Waals surface area contributed by atoms with Gasteiger partial charge in [0.05, 0.1) is 5.60 Å². The quantitative estimate of drug-likeness (QED) is 0.444. The Labute approximate surface area is 136 Å². The Morgan fingerprint density at radius 2 is 1.86 bits per heavy atom. The van der Waals surface area contributed by atoms with E-state index in [0.29, 0.717) is 11.5 Å². The number of allylic oxidation sites excluding steroid dienone is 3. The second kappa shape index (κ2) is 9.83. The fourth-order valence-electron chi connectivity index (χ4n) is 2.53. The van der Waals surface area contributed by atoms with Gasteiger partial charge in [0, 0.05) is 12.7 Å². The van der Waals surface area contributed by atoms with E-state index in [1.54, 1.807) is 7.11 Å². The minimum Gasteiger partial charge on any atom is -0.478 e. The number of hydrogen-bond donors (Lipinski definition) is 1. The highest BCUT2D eigenvalue weighted by atomic mass is 16.5. The average molecular weight is 310 g/mol. The van der Waals surface area contributed by atoms with Gasteiger partial charge in [0.1, 0.15) is 0 Å². The van der Waals surface area contributed by atoms with Gasteiger partial charge in [-0.3, -0.25) is 0 Å². The van der Waals surface area contributed by atoms with Crippen molar-refractivity contribution in [3.63, 3.8) is 0 Å². The van der Waals surface area contributed by atoms with Gasteiger partial charge in [-0.25, -0.2) is 4.79 Å². The van der Waals surface area contributed by atoms with Crippen molar-refractivity contribution in [1.82, 2.24) is 0 Å². The highest BCUT2D eigenvalue weighted by Gasteiger charge is 2.16. The number of methoxy groups -OCH3 is 1. The van der Waals surface area contributed by atoms with Gasteiger partial charge in [-0.2, -0.15) is 0 Å². The van der Waals surface area contributed by atoms with Crippen LogP contribution in [0.2, 0.25) is 0 Å².